The summed E-state index contributed by atoms with van der Waals surface area (Å²) < 4.78 is 0. The molecule has 3 nitrogen and oxygen atoms in total. The molecule has 0 saturated carbocycles. The number of amides is 1. The van der Waals surface area contributed by atoms with Gasteiger partial charge < -0.3 is 5.32 Å². The maximum absolute atomic E-state index is 11.3. The lowest BCUT2D eigenvalue weighted by Crippen LogP contribution is -2.08. The number of benzene rings is 1. The Kier molecular flexibility index (Phi) is 4.26. The van der Waals surface area contributed by atoms with Crippen molar-refractivity contribution in [3.63, 3.8) is 0 Å². The number of allylic oxidation sites excluding steroid dienone is 1. The molecule has 0 fully saturated rings. The van der Waals surface area contributed by atoms with E-state index in [0.29, 0.717) is 16.3 Å². The molecular weight excluding hydrogens is 226 g/mol. The van der Waals surface area contributed by atoms with Crippen LogP contribution in [0.4, 0.5) is 5.69 Å². The fourth-order valence-electron chi connectivity index (χ4n) is 1.17. The van der Waals surface area contributed by atoms with Crippen molar-refractivity contribution in [1.82, 2.24) is 0 Å². The highest BCUT2D eigenvalue weighted by Gasteiger charge is 2.02. The smallest absolute Gasteiger partial charge is 0.249 e. The lowest BCUT2D eigenvalue weighted by atomic mass is 10.1. The van der Waals surface area contributed by atoms with Gasteiger partial charge in [0.2, 0.25) is 5.91 Å². The maximum Gasteiger partial charge on any atom is 0.249 e. The van der Waals surface area contributed by atoms with Gasteiger partial charge in [0.15, 0.2) is 5.78 Å². The lowest BCUT2D eigenvalue weighted by molar-refractivity contribution is -0.111. The lowest BCUT2D eigenvalue weighted by Gasteiger charge is -2.03. The van der Waals surface area contributed by atoms with Crippen LogP contribution in [0.15, 0.2) is 35.4 Å². The Hall–Kier alpha value is -1.61. The van der Waals surface area contributed by atoms with Gasteiger partial charge in [-0.3, -0.25) is 9.59 Å². The van der Waals surface area contributed by atoms with Crippen LogP contribution in [0.1, 0.15) is 24.2 Å². The molecule has 0 saturated heterocycles. The molecule has 0 aliphatic heterocycles. The van der Waals surface area contributed by atoms with Crippen LogP contribution in [0.2, 0.25) is 0 Å². The van der Waals surface area contributed by atoms with E-state index in [1.807, 2.05) is 0 Å². The van der Waals surface area contributed by atoms with E-state index in [2.05, 4.69) is 5.32 Å². The predicted molar refractivity (Wildman–Crippen MR) is 64.7 cm³/mol. The molecule has 0 spiro atoms. The Morgan fingerprint density at radius 1 is 1.31 bits per heavy atom. The summed E-state index contributed by atoms with van der Waals surface area (Å²) in [7, 11) is 0. The minimum atomic E-state index is -0.312. The molecule has 0 aliphatic rings. The van der Waals surface area contributed by atoms with Crippen molar-refractivity contribution in [3.05, 3.63) is 40.9 Å². The third-order valence-electron chi connectivity index (χ3n) is 1.87. The molecule has 84 valence electrons. The Balaban J connectivity index is 2.82. The van der Waals surface area contributed by atoms with Gasteiger partial charge >= 0.3 is 0 Å². The molecule has 0 radical (unpaired) electrons. The van der Waals surface area contributed by atoms with Crippen LogP contribution in [-0.4, -0.2) is 11.7 Å². The molecule has 16 heavy (non-hydrogen) atoms. The fraction of sp³-hybridized carbons (Fsp3) is 0.167. The van der Waals surface area contributed by atoms with Crippen LogP contribution < -0.4 is 5.32 Å². The molecule has 0 unspecified atom stereocenters. The zero-order chi connectivity index (χ0) is 12.1. The number of rotatable bonds is 3. The average molecular weight is 238 g/mol. The van der Waals surface area contributed by atoms with E-state index in [1.165, 1.54) is 13.0 Å². The van der Waals surface area contributed by atoms with Crippen molar-refractivity contribution in [2.45, 2.75) is 13.8 Å². The quantitative estimate of drug-likeness (QED) is 0.649. The van der Waals surface area contributed by atoms with E-state index in [9.17, 15) is 9.59 Å². The summed E-state index contributed by atoms with van der Waals surface area (Å²) in [5.74, 6) is -0.353. The first-order valence-electron chi connectivity index (χ1n) is 4.75. The molecule has 1 aromatic rings. The van der Waals surface area contributed by atoms with Crippen molar-refractivity contribution in [3.8, 4) is 0 Å². The second-order valence-electron chi connectivity index (χ2n) is 3.36. The normalized spacial score (nSPS) is 11.1. The number of carbonyl (C=O) groups is 2. The molecule has 4 heteroatoms. The monoisotopic (exact) mass is 237 g/mol. The Bertz CT molecular complexity index is 448. The van der Waals surface area contributed by atoms with Gasteiger partial charge in [0.25, 0.3) is 0 Å². The minimum Gasteiger partial charge on any atom is -0.322 e. The molecule has 1 rings (SSSR count). The van der Waals surface area contributed by atoms with E-state index in [1.54, 1.807) is 31.2 Å². The van der Waals surface area contributed by atoms with Crippen LogP contribution in [0, 0.1) is 0 Å². The van der Waals surface area contributed by atoms with Gasteiger partial charge in [-0.2, -0.15) is 0 Å². The van der Waals surface area contributed by atoms with E-state index < -0.39 is 0 Å². The molecule has 0 aromatic heterocycles. The zero-order valence-electron chi connectivity index (χ0n) is 9.08. The van der Waals surface area contributed by atoms with Crippen LogP contribution >= 0.6 is 11.6 Å². The highest BCUT2D eigenvalue weighted by Crippen LogP contribution is 2.11. The minimum absolute atomic E-state index is 0.0415. The molecule has 0 aliphatic carbocycles. The molecule has 0 atom stereocenters. The second-order valence-corrected chi connectivity index (χ2v) is 3.95. The van der Waals surface area contributed by atoms with Crippen LogP contribution in [0.25, 0.3) is 0 Å². The Morgan fingerprint density at radius 3 is 2.56 bits per heavy atom. The van der Waals surface area contributed by atoms with Gasteiger partial charge in [0, 0.05) is 22.4 Å². The van der Waals surface area contributed by atoms with Crippen LogP contribution in [-0.2, 0) is 4.79 Å². The summed E-state index contributed by atoms with van der Waals surface area (Å²) in [6.45, 7) is 3.09. The predicted octanol–water partition coefficient (Wildman–Crippen LogP) is 2.97. The first kappa shape index (κ1) is 12.5. The summed E-state index contributed by atoms with van der Waals surface area (Å²) in [6.07, 6.45) is 1.28. The molecule has 0 heterocycles. The highest BCUT2D eigenvalue weighted by molar-refractivity contribution is 6.31. The zero-order valence-corrected chi connectivity index (χ0v) is 9.84. The average Bonchev–Trinajstić information content (AvgIpc) is 2.16. The topological polar surface area (TPSA) is 46.2 Å². The van der Waals surface area contributed by atoms with Crippen molar-refractivity contribution in [2.24, 2.45) is 0 Å². The first-order chi connectivity index (χ1) is 7.49. The van der Waals surface area contributed by atoms with Crippen molar-refractivity contribution >= 4 is 29.0 Å². The number of nitrogens with one attached hydrogen (secondary N) is 1. The molecule has 1 N–H and O–H groups in total. The van der Waals surface area contributed by atoms with Crippen LogP contribution in [0.5, 0.6) is 0 Å². The molecule has 1 amide bonds. The SMILES string of the molecule is CC(=O)c1cccc(NC(=O)C=C(C)Cl)c1. The van der Waals surface area contributed by atoms with Gasteiger partial charge in [-0.15, -0.1) is 0 Å². The van der Waals surface area contributed by atoms with Crippen molar-refractivity contribution < 1.29 is 9.59 Å². The summed E-state index contributed by atoms with van der Waals surface area (Å²) in [5.41, 5.74) is 1.14. The number of hydrogen-bond acceptors (Lipinski definition) is 2. The van der Waals surface area contributed by atoms with Gasteiger partial charge in [-0.05, 0) is 26.0 Å². The number of ketones is 1. The van der Waals surface area contributed by atoms with Gasteiger partial charge in [0.05, 0.1) is 0 Å². The third kappa shape index (κ3) is 3.87. The standard InChI is InChI=1S/C12H12ClNO2/c1-8(13)6-12(16)14-11-5-3-4-10(7-11)9(2)15/h3-7H,1-2H3,(H,14,16). The van der Waals surface area contributed by atoms with Gasteiger partial charge in [-0.25, -0.2) is 0 Å². The number of hydrogen-bond donors (Lipinski definition) is 1. The van der Waals surface area contributed by atoms with E-state index >= 15 is 0 Å². The maximum atomic E-state index is 11.3. The fourth-order valence-corrected chi connectivity index (χ4v) is 1.27. The number of carbonyl (C=O) groups excluding carboxylic acids is 2. The summed E-state index contributed by atoms with van der Waals surface area (Å²) in [4.78, 5) is 22.5. The van der Waals surface area contributed by atoms with Crippen molar-refractivity contribution in [2.75, 3.05) is 5.32 Å². The van der Waals surface area contributed by atoms with E-state index in [-0.39, 0.29) is 11.7 Å². The Morgan fingerprint density at radius 2 is 2.00 bits per heavy atom. The van der Waals surface area contributed by atoms with Crippen molar-refractivity contribution in [1.29, 1.82) is 0 Å². The number of Topliss-reactive ketones (excluding diaryl/α,β-unsaturated/α-hetero) is 1. The van der Waals surface area contributed by atoms with E-state index in [0.717, 1.165) is 0 Å². The molecular formula is C12H12ClNO2. The molecule has 0 bridgehead atoms. The molecule has 1 aromatic carbocycles. The summed E-state index contributed by atoms with van der Waals surface area (Å²) in [5, 5.41) is 3.02. The highest BCUT2D eigenvalue weighted by atomic mass is 35.5. The largest absolute Gasteiger partial charge is 0.322 e. The van der Waals surface area contributed by atoms with E-state index in [4.69, 9.17) is 11.6 Å². The third-order valence-corrected chi connectivity index (χ3v) is 1.98. The number of anilines is 1. The van der Waals surface area contributed by atoms with Gasteiger partial charge in [0.1, 0.15) is 0 Å². The second kappa shape index (κ2) is 5.47. The summed E-state index contributed by atoms with van der Waals surface area (Å²) >= 11 is 5.57. The summed E-state index contributed by atoms with van der Waals surface area (Å²) in [6, 6.07) is 6.74. The van der Waals surface area contributed by atoms with Crippen LogP contribution in [0.3, 0.4) is 0 Å². The Labute approximate surface area is 99.1 Å². The first-order valence-corrected chi connectivity index (χ1v) is 5.12. The number of halogens is 1. The van der Waals surface area contributed by atoms with Gasteiger partial charge in [-0.1, -0.05) is 23.7 Å².